The zero-order valence-corrected chi connectivity index (χ0v) is 13.5. The van der Waals surface area contributed by atoms with Gasteiger partial charge in [-0.15, -0.1) is 0 Å². The van der Waals surface area contributed by atoms with Crippen LogP contribution in [0.2, 0.25) is 0 Å². The quantitative estimate of drug-likeness (QED) is 0.486. The molecule has 0 amide bonds. The third-order valence-electron chi connectivity index (χ3n) is 4.28. The van der Waals surface area contributed by atoms with E-state index in [0.29, 0.717) is 5.92 Å². The fourth-order valence-corrected chi connectivity index (χ4v) is 3.00. The van der Waals surface area contributed by atoms with Crippen LogP contribution in [0.15, 0.2) is 42.7 Å². The standard InChI is InChI=1S/C19H28N2/c1-3-5-6-7-9-12-17(4-2)19-20-15-16-21(19)18-13-10-8-11-14-18/h8,10-11,13-17H,3-7,9,12H2,1-2H3/p+1/t17-/m0/s1. The molecular weight excluding hydrogens is 256 g/mol. The lowest BCUT2D eigenvalue weighted by Crippen LogP contribution is -2.34. The van der Waals surface area contributed by atoms with Crippen LogP contribution in [0.25, 0.3) is 5.69 Å². The molecule has 114 valence electrons. The lowest BCUT2D eigenvalue weighted by molar-refractivity contribution is -0.604. The number of benzene rings is 1. The van der Waals surface area contributed by atoms with Gasteiger partial charge in [0.25, 0.3) is 5.82 Å². The van der Waals surface area contributed by atoms with Gasteiger partial charge < -0.3 is 0 Å². The number of hydrogen-bond donors (Lipinski definition) is 1. The molecule has 0 radical (unpaired) electrons. The first-order valence-electron chi connectivity index (χ1n) is 8.51. The third kappa shape index (κ3) is 4.45. The minimum atomic E-state index is 0.627. The van der Waals surface area contributed by atoms with Gasteiger partial charge in [-0.2, -0.15) is 4.57 Å². The predicted octanol–water partition coefficient (Wildman–Crippen LogP) is 5.15. The molecule has 0 saturated carbocycles. The molecule has 0 aliphatic carbocycles. The van der Waals surface area contributed by atoms with E-state index in [1.165, 1.54) is 56.5 Å². The Kier molecular flexibility index (Phi) is 6.52. The molecule has 0 aliphatic heterocycles. The SMILES string of the molecule is CCCCCCC[C@H](CC)c1[nH]cc[n+]1-c1ccccc1. The predicted molar refractivity (Wildman–Crippen MR) is 88.7 cm³/mol. The second-order valence-electron chi connectivity index (χ2n) is 5.86. The number of nitrogens with zero attached hydrogens (tertiary/aromatic N) is 1. The lowest BCUT2D eigenvalue weighted by Gasteiger charge is -2.11. The number of rotatable bonds is 9. The smallest absolute Gasteiger partial charge is 0.247 e. The first-order chi connectivity index (χ1) is 10.4. The molecule has 1 atom stereocenters. The van der Waals surface area contributed by atoms with Gasteiger partial charge in [0.2, 0.25) is 0 Å². The molecule has 1 heterocycles. The highest BCUT2D eigenvalue weighted by Crippen LogP contribution is 2.23. The molecule has 0 bridgehead atoms. The monoisotopic (exact) mass is 285 g/mol. The van der Waals surface area contributed by atoms with E-state index in [1.807, 2.05) is 0 Å². The summed E-state index contributed by atoms with van der Waals surface area (Å²) in [5.41, 5.74) is 1.25. The van der Waals surface area contributed by atoms with Crippen molar-refractivity contribution in [2.24, 2.45) is 0 Å². The van der Waals surface area contributed by atoms with E-state index in [0.717, 1.165) is 0 Å². The topological polar surface area (TPSA) is 19.7 Å². The Bertz CT molecular complexity index is 501. The van der Waals surface area contributed by atoms with Crippen molar-refractivity contribution in [3.8, 4) is 5.69 Å². The van der Waals surface area contributed by atoms with Crippen molar-refractivity contribution in [2.75, 3.05) is 0 Å². The van der Waals surface area contributed by atoms with Gasteiger partial charge in [0.15, 0.2) is 0 Å². The average Bonchev–Trinajstić information content (AvgIpc) is 3.01. The van der Waals surface area contributed by atoms with Gasteiger partial charge in [0.1, 0.15) is 18.1 Å². The number of aromatic amines is 1. The van der Waals surface area contributed by atoms with Crippen LogP contribution in [0.1, 0.15) is 70.5 Å². The molecule has 2 rings (SSSR count). The molecule has 21 heavy (non-hydrogen) atoms. The van der Waals surface area contributed by atoms with Crippen molar-refractivity contribution in [3.05, 3.63) is 48.5 Å². The third-order valence-corrected chi connectivity index (χ3v) is 4.28. The molecule has 1 aromatic heterocycles. The number of para-hydroxylation sites is 1. The van der Waals surface area contributed by atoms with Crippen molar-refractivity contribution >= 4 is 0 Å². The molecule has 2 heteroatoms. The highest BCUT2D eigenvalue weighted by Gasteiger charge is 2.22. The lowest BCUT2D eigenvalue weighted by atomic mass is 9.97. The van der Waals surface area contributed by atoms with Crippen LogP contribution in [-0.4, -0.2) is 4.98 Å². The number of hydrogen-bond acceptors (Lipinski definition) is 0. The normalized spacial score (nSPS) is 12.5. The largest absolute Gasteiger partial charge is 0.262 e. The summed E-state index contributed by atoms with van der Waals surface area (Å²) < 4.78 is 2.31. The average molecular weight is 285 g/mol. The van der Waals surface area contributed by atoms with Gasteiger partial charge in [-0.1, -0.05) is 64.2 Å². The summed E-state index contributed by atoms with van der Waals surface area (Å²) in [5.74, 6) is 1.97. The first-order valence-corrected chi connectivity index (χ1v) is 8.51. The van der Waals surface area contributed by atoms with E-state index >= 15 is 0 Å². The molecule has 2 nitrogen and oxygen atoms in total. The summed E-state index contributed by atoms with van der Waals surface area (Å²) in [6.07, 6.45) is 13.5. The maximum Gasteiger partial charge on any atom is 0.262 e. The van der Waals surface area contributed by atoms with Crippen LogP contribution in [0, 0.1) is 0 Å². The van der Waals surface area contributed by atoms with Crippen LogP contribution in [0.5, 0.6) is 0 Å². The maximum atomic E-state index is 3.47. The fourth-order valence-electron chi connectivity index (χ4n) is 3.00. The summed E-state index contributed by atoms with van der Waals surface area (Å²) in [6.45, 7) is 4.57. The highest BCUT2D eigenvalue weighted by molar-refractivity contribution is 5.21. The Morgan fingerprint density at radius 1 is 1.00 bits per heavy atom. The zero-order chi connectivity index (χ0) is 14.9. The molecule has 0 spiro atoms. The number of unbranched alkanes of at least 4 members (excludes halogenated alkanes) is 4. The van der Waals surface area contributed by atoms with Crippen molar-refractivity contribution in [1.29, 1.82) is 0 Å². The molecule has 0 saturated heterocycles. The van der Waals surface area contributed by atoms with Gasteiger partial charge >= 0.3 is 0 Å². The van der Waals surface area contributed by atoms with Crippen LogP contribution in [-0.2, 0) is 0 Å². The molecule has 1 aromatic carbocycles. The maximum absolute atomic E-state index is 3.47. The molecule has 0 unspecified atom stereocenters. The molecule has 2 aromatic rings. The Balaban J connectivity index is 2.01. The summed E-state index contributed by atoms with van der Waals surface area (Å²) >= 11 is 0. The van der Waals surface area contributed by atoms with Crippen LogP contribution in [0.3, 0.4) is 0 Å². The fraction of sp³-hybridized carbons (Fsp3) is 0.526. The number of H-pyrrole nitrogens is 1. The van der Waals surface area contributed by atoms with E-state index in [1.54, 1.807) is 0 Å². The summed E-state index contributed by atoms with van der Waals surface area (Å²) in [4.78, 5) is 3.47. The van der Waals surface area contributed by atoms with Gasteiger partial charge in [-0.05, 0) is 25.0 Å². The van der Waals surface area contributed by atoms with E-state index < -0.39 is 0 Å². The molecule has 1 N–H and O–H groups in total. The Labute approximate surface area is 129 Å². The minimum absolute atomic E-state index is 0.627. The van der Waals surface area contributed by atoms with Gasteiger partial charge in [-0.25, -0.2) is 4.98 Å². The molecule has 0 aliphatic rings. The summed E-state index contributed by atoms with van der Waals surface area (Å²) in [6, 6.07) is 10.6. The number of imidazole rings is 1. The van der Waals surface area contributed by atoms with E-state index in [9.17, 15) is 0 Å². The Hall–Kier alpha value is -1.57. The second kappa shape index (κ2) is 8.66. The van der Waals surface area contributed by atoms with Crippen molar-refractivity contribution in [3.63, 3.8) is 0 Å². The number of aromatic nitrogens is 2. The van der Waals surface area contributed by atoms with Crippen molar-refractivity contribution in [2.45, 2.75) is 64.7 Å². The van der Waals surface area contributed by atoms with Gasteiger partial charge in [-0.3, -0.25) is 0 Å². The van der Waals surface area contributed by atoms with E-state index in [4.69, 9.17) is 0 Å². The van der Waals surface area contributed by atoms with Crippen LogP contribution >= 0.6 is 0 Å². The van der Waals surface area contributed by atoms with Gasteiger partial charge in [0, 0.05) is 0 Å². The van der Waals surface area contributed by atoms with E-state index in [-0.39, 0.29) is 0 Å². The molecular formula is C19H29N2+. The highest BCUT2D eigenvalue weighted by atomic mass is 15.1. The van der Waals surface area contributed by atoms with Crippen LogP contribution in [0.4, 0.5) is 0 Å². The van der Waals surface area contributed by atoms with Crippen LogP contribution < -0.4 is 4.57 Å². The molecule has 0 fully saturated rings. The summed E-state index contributed by atoms with van der Waals surface area (Å²) in [5, 5.41) is 0. The Morgan fingerprint density at radius 2 is 1.76 bits per heavy atom. The zero-order valence-electron chi connectivity index (χ0n) is 13.5. The van der Waals surface area contributed by atoms with Gasteiger partial charge in [0.05, 0.1) is 5.92 Å². The van der Waals surface area contributed by atoms with Crippen molar-refractivity contribution in [1.82, 2.24) is 4.98 Å². The minimum Gasteiger partial charge on any atom is -0.247 e. The van der Waals surface area contributed by atoms with Crippen molar-refractivity contribution < 1.29 is 4.57 Å². The Morgan fingerprint density at radius 3 is 2.48 bits per heavy atom. The number of nitrogens with one attached hydrogen (secondary N) is 1. The second-order valence-corrected chi connectivity index (χ2v) is 5.86. The first kappa shape index (κ1) is 15.8. The van der Waals surface area contributed by atoms with E-state index in [2.05, 4.69) is 66.1 Å². The summed E-state index contributed by atoms with van der Waals surface area (Å²) in [7, 11) is 0.